The van der Waals surface area contributed by atoms with Crippen molar-refractivity contribution in [1.82, 2.24) is 0 Å². The molecule has 0 aliphatic carbocycles. The number of carboxylic acids is 1. The standard InChI is InChI=1S/C12H10O2S/c1-8-6-9(7-15-8)10-4-2-3-5-11(10)12(13)14/h2-7H,1H3,(H,13,14). The summed E-state index contributed by atoms with van der Waals surface area (Å²) in [6, 6.07) is 9.07. The molecule has 0 saturated heterocycles. The topological polar surface area (TPSA) is 37.3 Å². The number of aryl methyl sites for hydroxylation is 1. The molecule has 0 bridgehead atoms. The Morgan fingerprint density at radius 1 is 1.33 bits per heavy atom. The monoisotopic (exact) mass is 218 g/mol. The molecule has 1 heterocycles. The van der Waals surface area contributed by atoms with Crippen LogP contribution in [-0.4, -0.2) is 11.1 Å². The number of benzene rings is 1. The number of thiophene rings is 1. The van der Waals surface area contributed by atoms with Crippen LogP contribution in [0.1, 0.15) is 15.2 Å². The Morgan fingerprint density at radius 2 is 2.07 bits per heavy atom. The molecule has 76 valence electrons. The van der Waals surface area contributed by atoms with Gasteiger partial charge in [-0.25, -0.2) is 4.79 Å². The Kier molecular flexibility index (Phi) is 2.56. The van der Waals surface area contributed by atoms with E-state index in [1.54, 1.807) is 23.5 Å². The highest BCUT2D eigenvalue weighted by Crippen LogP contribution is 2.27. The lowest BCUT2D eigenvalue weighted by atomic mass is 10.0. The van der Waals surface area contributed by atoms with E-state index < -0.39 is 5.97 Å². The Morgan fingerprint density at radius 3 is 2.67 bits per heavy atom. The Hall–Kier alpha value is -1.61. The summed E-state index contributed by atoms with van der Waals surface area (Å²) in [5, 5.41) is 11.0. The van der Waals surface area contributed by atoms with Gasteiger partial charge >= 0.3 is 5.97 Å². The summed E-state index contributed by atoms with van der Waals surface area (Å²) in [7, 11) is 0. The Bertz CT molecular complexity index is 500. The molecule has 0 radical (unpaired) electrons. The van der Waals surface area contributed by atoms with Crippen LogP contribution in [0.3, 0.4) is 0 Å². The SMILES string of the molecule is Cc1cc(-c2ccccc2C(=O)O)cs1. The van der Waals surface area contributed by atoms with Crippen molar-refractivity contribution in [2.75, 3.05) is 0 Å². The Labute approximate surface area is 91.8 Å². The molecule has 15 heavy (non-hydrogen) atoms. The highest BCUT2D eigenvalue weighted by molar-refractivity contribution is 7.10. The summed E-state index contributed by atoms with van der Waals surface area (Å²) in [4.78, 5) is 12.2. The number of carboxylic acid groups (broad SMARTS) is 1. The van der Waals surface area contributed by atoms with Gasteiger partial charge in [-0.2, -0.15) is 0 Å². The van der Waals surface area contributed by atoms with Crippen LogP contribution in [0.25, 0.3) is 11.1 Å². The second kappa shape index (κ2) is 3.87. The van der Waals surface area contributed by atoms with Gasteiger partial charge in [0.05, 0.1) is 5.56 Å². The number of hydrogen-bond donors (Lipinski definition) is 1. The average molecular weight is 218 g/mol. The molecule has 1 N–H and O–H groups in total. The van der Waals surface area contributed by atoms with E-state index >= 15 is 0 Å². The first-order valence-corrected chi connectivity index (χ1v) is 5.44. The molecule has 3 heteroatoms. The van der Waals surface area contributed by atoms with Crippen molar-refractivity contribution in [3.63, 3.8) is 0 Å². The molecule has 0 unspecified atom stereocenters. The minimum absolute atomic E-state index is 0.357. The van der Waals surface area contributed by atoms with Crippen LogP contribution in [0, 0.1) is 6.92 Å². The number of aromatic carboxylic acids is 1. The maximum absolute atomic E-state index is 11.0. The predicted octanol–water partition coefficient (Wildman–Crippen LogP) is 3.42. The molecule has 2 aromatic rings. The fraction of sp³-hybridized carbons (Fsp3) is 0.0833. The van der Waals surface area contributed by atoms with Gasteiger partial charge in [-0.05, 0) is 35.6 Å². The zero-order valence-corrected chi connectivity index (χ0v) is 9.04. The molecular formula is C12H10O2S. The second-order valence-electron chi connectivity index (χ2n) is 3.30. The molecule has 0 spiro atoms. The highest BCUT2D eigenvalue weighted by atomic mass is 32.1. The molecule has 0 aliphatic rings. The van der Waals surface area contributed by atoms with Crippen LogP contribution in [0.15, 0.2) is 35.7 Å². The van der Waals surface area contributed by atoms with Crippen LogP contribution in [0.2, 0.25) is 0 Å². The molecule has 0 aliphatic heterocycles. The Balaban J connectivity index is 2.57. The van der Waals surface area contributed by atoms with Crippen molar-refractivity contribution in [1.29, 1.82) is 0 Å². The van der Waals surface area contributed by atoms with E-state index in [-0.39, 0.29) is 0 Å². The van der Waals surface area contributed by atoms with E-state index in [2.05, 4.69) is 0 Å². The van der Waals surface area contributed by atoms with Gasteiger partial charge in [0.2, 0.25) is 0 Å². The third kappa shape index (κ3) is 1.92. The molecule has 0 fully saturated rings. The van der Waals surface area contributed by atoms with Crippen LogP contribution in [0.4, 0.5) is 0 Å². The lowest BCUT2D eigenvalue weighted by molar-refractivity contribution is 0.0698. The first-order valence-electron chi connectivity index (χ1n) is 4.56. The van der Waals surface area contributed by atoms with Crippen molar-refractivity contribution in [3.05, 3.63) is 46.2 Å². The first-order chi connectivity index (χ1) is 7.18. The average Bonchev–Trinajstić information content (AvgIpc) is 2.65. The lowest BCUT2D eigenvalue weighted by Gasteiger charge is -2.02. The van der Waals surface area contributed by atoms with Crippen LogP contribution >= 0.6 is 11.3 Å². The highest BCUT2D eigenvalue weighted by Gasteiger charge is 2.11. The predicted molar refractivity (Wildman–Crippen MR) is 61.5 cm³/mol. The van der Waals surface area contributed by atoms with Gasteiger partial charge in [0.25, 0.3) is 0 Å². The van der Waals surface area contributed by atoms with Crippen molar-refractivity contribution in [2.45, 2.75) is 6.92 Å². The molecule has 0 atom stereocenters. The third-order valence-corrected chi connectivity index (χ3v) is 3.06. The van der Waals surface area contributed by atoms with Crippen LogP contribution < -0.4 is 0 Å². The number of rotatable bonds is 2. The fourth-order valence-corrected chi connectivity index (χ4v) is 2.21. The molecular weight excluding hydrogens is 208 g/mol. The minimum Gasteiger partial charge on any atom is -0.478 e. The fourth-order valence-electron chi connectivity index (χ4n) is 1.51. The summed E-state index contributed by atoms with van der Waals surface area (Å²) < 4.78 is 0. The minimum atomic E-state index is -0.880. The van der Waals surface area contributed by atoms with Gasteiger partial charge in [-0.3, -0.25) is 0 Å². The normalized spacial score (nSPS) is 10.2. The summed E-state index contributed by atoms with van der Waals surface area (Å²) in [6.45, 7) is 2.01. The zero-order valence-electron chi connectivity index (χ0n) is 8.23. The zero-order chi connectivity index (χ0) is 10.8. The summed E-state index contributed by atoms with van der Waals surface area (Å²) >= 11 is 1.63. The van der Waals surface area contributed by atoms with Crippen molar-refractivity contribution >= 4 is 17.3 Å². The molecule has 0 amide bonds. The van der Waals surface area contributed by atoms with E-state index in [0.717, 1.165) is 11.1 Å². The van der Waals surface area contributed by atoms with E-state index in [9.17, 15) is 4.79 Å². The largest absolute Gasteiger partial charge is 0.478 e. The van der Waals surface area contributed by atoms with E-state index in [4.69, 9.17) is 5.11 Å². The van der Waals surface area contributed by atoms with Crippen molar-refractivity contribution < 1.29 is 9.90 Å². The summed E-state index contributed by atoms with van der Waals surface area (Å²) in [5.41, 5.74) is 2.13. The summed E-state index contributed by atoms with van der Waals surface area (Å²) in [5.74, 6) is -0.880. The van der Waals surface area contributed by atoms with Gasteiger partial charge in [0, 0.05) is 4.88 Å². The smallest absolute Gasteiger partial charge is 0.336 e. The van der Waals surface area contributed by atoms with Gasteiger partial charge in [-0.1, -0.05) is 18.2 Å². The van der Waals surface area contributed by atoms with Crippen molar-refractivity contribution in [3.8, 4) is 11.1 Å². The van der Waals surface area contributed by atoms with E-state index in [0.29, 0.717) is 5.56 Å². The van der Waals surface area contributed by atoms with E-state index in [1.807, 2.05) is 30.5 Å². The molecule has 2 nitrogen and oxygen atoms in total. The lowest BCUT2D eigenvalue weighted by Crippen LogP contribution is -1.98. The summed E-state index contributed by atoms with van der Waals surface area (Å²) in [6.07, 6.45) is 0. The van der Waals surface area contributed by atoms with Gasteiger partial charge in [0.15, 0.2) is 0 Å². The number of hydrogen-bond acceptors (Lipinski definition) is 2. The first kappa shape index (κ1) is 9.93. The van der Waals surface area contributed by atoms with E-state index in [1.165, 1.54) is 4.88 Å². The number of carbonyl (C=O) groups is 1. The van der Waals surface area contributed by atoms with Gasteiger partial charge in [-0.15, -0.1) is 11.3 Å². The van der Waals surface area contributed by atoms with Gasteiger partial charge < -0.3 is 5.11 Å². The van der Waals surface area contributed by atoms with Crippen LogP contribution in [0.5, 0.6) is 0 Å². The maximum atomic E-state index is 11.0. The molecule has 1 aromatic carbocycles. The second-order valence-corrected chi connectivity index (χ2v) is 4.41. The maximum Gasteiger partial charge on any atom is 0.336 e. The quantitative estimate of drug-likeness (QED) is 0.838. The van der Waals surface area contributed by atoms with Crippen LogP contribution in [-0.2, 0) is 0 Å². The van der Waals surface area contributed by atoms with Gasteiger partial charge in [0.1, 0.15) is 0 Å². The molecule has 2 rings (SSSR count). The molecule has 0 saturated carbocycles. The third-order valence-electron chi connectivity index (χ3n) is 2.20. The molecule has 1 aromatic heterocycles. The van der Waals surface area contributed by atoms with Crippen molar-refractivity contribution in [2.24, 2.45) is 0 Å².